The number of ether oxygens (including phenoxy) is 6. The number of esters is 2. The zero-order valence-electron chi connectivity index (χ0n) is 56.6. The molecule has 0 saturated heterocycles. The Balaban J connectivity index is 0.000000686. The van der Waals surface area contributed by atoms with E-state index in [4.69, 9.17) is 16.8 Å². The van der Waals surface area contributed by atoms with Crippen LogP contribution in [0.2, 0.25) is 0 Å². The van der Waals surface area contributed by atoms with Crippen LogP contribution in [-0.2, 0) is 47.6 Å². The first kappa shape index (κ1) is 96.9. The minimum Gasteiger partial charge on any atom is -0.466 e. The minimum atomic E-state index is -6.68. The number of aliphatic hydroxyl groups is 2. The van der Waals surface area contributed by atoms with Gasteiger partial charge >= 0.3 is 72.3 Å². The number of carbonyl (C=O) groups excluding carboxylic acids is 4. The fraction of sp³-hybridized carbons (Fsp3) is 0.371. The first-order valence-corrected chi connectivity index (χ1v) is 34.5. The largest absolute Gasteiger partial charge is 0.487 e. The van der Waals surface area contributed by atoms with Crippen molar-refractivity contribution >= 4 is 103 Å². The number of aryl methyl sites for hydroxylation is 1. The van der Waals surface area contributed by atoms with Gasteiger partial charge in [-0.25, -0.2) is 0 Å². The van der Waals surface area contributed by atoms with Crippen molar-refractivity contribution in [1.82, 2.24) is 0 Å². The quantitative estimate of drug-likeness (QED) is 0.00669. The number of aliphatic hydroxyl groups excluding tert-OH is 2. The van der Waals surface area contributed by atoms with Crippen LogP contribution in [0, 0.1) is 13.5 Å². The third-order valence-corrected chi connectivity index (χ3v) is 18.5. The maximum Gasteiger partial charge on any atom is 0.487 e. The Labute approximate surface area is 610 Å². The van der Waals surface area contributed by atoms with Crippen molar-refractivity contribution < 1.29 is 146 Å². The fourth-order valence-corrected chi connectivity index (χ4v) is 12.4. The molecule has 0 bridgehead atoms. The number of benzene rings is 6. The van der Waals surface area contributed by atoms with Gasteiger partial charge in [-0.2, -0.15) is 113 Å². The van der Waals surface area contributed by atoms with Crippen LogP contribution in [0.4, 0.5) is 87.8 Å². The van der Waals surface area contributed by atoms with E-state index in [-0.39, 0.29) is 33.9 Å². The van der Waals surface area contributed by atoms with Gasteiger partial charge in [0.1, 0.15) is 6.61 Å². The third kappa shape index (κ3) is 28.5. The van der Waals surface area contributed by atoms with Gasteiger partial charge in [0.25, 0.3) is 0 Å². The number of hydrogen-bond acceptors (Lipinski definition) is 14. The van der Waals surface area contributed by atoms with Crippen molar-refractivity contribution in [2.75, 3.05) is 52.2 Å². The maximum atomic E-state index is 14.1. The second kappa shape index (κ2) is 44.4. The molecule has 0 amide bonds. The van der Waals surface area contributed by atoms with Gasteiger partial charge in [-0.3, -0.25) is 23.9 Å². The zero-order valence-corrected chi connectivity index (χ0v) is 60.2. The van der Waals surface area contributed by atoms with Crippen LogP contribution < -0.4 is 31.8 Å². The molecule has 6 rings (SSSR count). The average Bonchev–Trinajstić information content (AvgIpc) is 0.748. The average molecular weight is 1610 g/mol. The highest BCUT2D eigenvalue weighted by atomic mass is 32.1. The Morgan fingerprint density at radius 3 is 0.972 bits per heavy atom. The number of carbonyl (C=O) groups is 4. The van der Waals surface area contributed by atoms with E-state index in [1.54, 1.807) is 0 Å². The number of halogens is 20. The molecule has 4 atom stereocenters. The molecule has 6 aromatic carbocycles. The summed E-state index contributed by atoms with van der Waals surface area (Å²) in [5, 5.41) is 23.9. The van der Waals surface area contributed by atoms with Gasteiger partial charge in [-0.1, -0.05) is 195 Å². The summed E-state index contributed by atoms with van der Waals surface area (Å²) in [7, 11) is -1.55. The molecule has 0 saturated carbocycles. The summed E-state index contributed by atoms with van der Waals surface area (Å²) in [5.74, 6) is -31.0. The minimum absolute atomic E-state index is 0.161. The molecule has 0 heterocycles. The second-order valence-corrected chi connectivity index (χ2v) is 26.3. The Hall–Kier alpha value is -7.09. The molecule has 0 spiro atoms. The zero-order chi connectivity index (χ0) is 81.2. The lowest BCUT2D eigenvalue weighted by Gasteiger charge is -2.37. The van der Waals surface area contributed by atoms with E-state index in [2.05, 4.69) is 237 Å². The van der Waals surface area contributed by atoms with Crippen LogP contribution in [0.3, 0.4) is 0 Å². The van der Waals surface area contributed by atoms with Crippen LogP contribution in [0.15, 0.2) is 182 Å². The van der Waals surface area contributed by atoms with Crippen LogP contribution in [-0.4, -0.2) is 146 Å². The third-order valence-electron chi connectivity index (χ3n) is 13.2. The molecule has 4 unspecified atom stereocenters. The maximum absolute atomic E-state index is 14.1. The lowest BCUT2D eigenvalue weighted by molar-refractivity contribution is -0.492. The van der Waals surface area contributed by atoms with Crippen LogP contribution in [0.5, 0.6) is 0 Å². The van der Waals surface area contributed by atoms with E-state index < -0.39 is 144 Å². The lowest BCUT2D eigenvalue weighted by Crippen LogP contribution is -2.64. The summed E-state index contributed by atoms with van der Waals surface area (Å²) in [4.78, 5) is 44.6. The van der Waals surface area contributed by atoms with E-state index in [0.29, 0.717) is 11.5 Å². The summed E-state index contributed by atoms with van der Waals surface area (Å²) >= 11 is 7.34. The van der Waals surface area contributed by atoms with Crippen LogP contribution in [0.1, 0.15) is 57.1 Å². The van der Waals surface area contributed by atoms with Gasteiger partial charge in [0.15, 0.2) is 0 Å². The lowest BCUT2D eigenvalue weighted by atomic mass is 10.1. The molecule has 106 heavy (non-hydrogen) atoms. The molecule has 36 heteroatoms. The van der Waals surface area contributed by atoms with Crippen molar-refractivity contribution in [1.29, 1.82) is 0 Å². The van der Waals surface area contributed by atoms with Crippen molar-refractivity contribution in [2.45, 2.75) is 113 Å². The topological polar surface area (TPSA) is 164 Å². The number of methoxy groups -OCH3 is 2. The summed E-state index contributed by atoms with van der Waals surface area (Å²) in [5.41, 5.74) is 2.07. The molecule has 6 aromatic rings. The molecule has 0 aliphatic rings. The van der Waals surface area contributed by atoms with Gasteiger partial charge in [0.2, 0.25) is 17.1 Å². The molecule has 2 N–H and O–H groups in total. The van der Waals surface area contributed by atoms with Crippen molar-refractivity contribution in [3.8, 4) is 0 Å². The van der Waals surface area contributed by atoms with Crippen molar-refractivity contribution in [3.63, 3.8) is 0 Å². The summed E-state index contributed by atoms with van der Waals surface area (Å²) in [6.07, 6.45) is -42.9. The smallest absolute Gasteiger partial charge is 0.466 e. The first-order valence-electron chi connectivity index (χ1n) is 30.5. The Morgan fingerprint density at radius 1 is 0.462 bits per heavy atom. The molecular formula is C70H73F20O12P2S2+. The summed E-state index contributed by atoms with van der Waals surface area (Å²) in [6.45, 7) is 12.2. The highest BCUT2D eigenvalue weighted by Crippen LogP contribution is 2.53. The predicted octanol–water partition coefficient (Wildman–Crippen LogP) is 15.6. The molecule has 0 fully saturated rings. The SMILES string of the molecule is C=Cc1ccc(P(c2ccccc2)c2ccccc2)cc1.CCC(=O)OCCCC(=O)C(F)(OC(F)(F)C(F)(OC)C(F)(F)F)C(F)(F)F.Cc1ccc(P(c2ccccc2)c2ccccc2)cc1.OCCS.OCCS.[CH+]=C(C)C(=O)OCCCC(=O)C(F)(OC(F)(F)C(F)(OC)C(F)(F)F)C(F)(F)F. The number of hydrogen-bond donors (Lipinski definition) is 4. The van der Waals surface area contributed by atoms with Gasteiger partial charge in [-0.15, -0.1) is 4.79 Å². The fourth-order valence-electron chi connectivity index (χ4n) is 7.84. The van der Waals surface area contributed by atoms with Crippen LogP contribution >= 0.6 is 41.1 Å². The number of Topliss-reactive ketones (excluding diaryl/α,β-unsaturated/α-hetero) is 2. The molecule has 0 radical (unpaired) electrons. The van der Waals surface area contributed by atoms with E-state index in [1.165, 1.54) is 44.3 Å². The Bertz CT molecular complexity index is 3510. The van der Waals surface area contributed by atoms with Crippen molar-refractivity contribution in [2.24, 2.45) is 0 Å². The molecule has 0 aliphatic carbocycles. The highest BCUT2D eigenvalue weighted by molar-refractivity contribution is 7.80. The van der Waals surface area contributed by atoms with Gasteiger partial charge in [0.05, 0.1) is 26.4 Å². The normalized spacial score (nSPS) is 14.0. The number of ketones is 2. The predicted molar refractivity (Wildman–Crippen MR) is 367 cm³/mol. The molecule has 0 aromatic heterocycles. The van der Waals surface area contributed by atoms with E-state index in [1.807, 2.05) is 6.08 Å². The van der Waals surface area contributed by atoms with E-state index in [9.17, 15) is 107 Å². The van der Waals surface area contributed by atoms with E-state index in [0.717, 1.165) is 12.5 Å². The number of rotatable bonds is 29. The molecular weight excluding hydrogens is 1540 g/mol. The number of alkyl halides is 20. The van der Waals surface area contributed by atoms with E-state index >= 15 is 0 Å². The Morgan fingerprint density at radius 2 is 0.736 bits per heavy atom. The summed E-state index contributed by atoms with van der Waals surface area (Å²) in [6, 6.07) is 60.8. The monoisotopic (exact) mass is 1610 g/mol. The van der Waals surface area contributed by atoms with Gasteiger partial charge in [-0.05, 0) is 73.0 Å². The molecule has 586 valence electrons. The van der Waals surface area contributed by atoms with Crippen molar-refractivity contribution in [3.05, 3.63) is 200 Å². The number of thiol groups is 2. The molecule has 12 nitrogen and oxygen atoms in total. The highest BCUT2D eigenvalue weighted by Gasteiger charge is 2.80. The Kier molecular flexibility index (Phi) is 40.6. The first-order chi connectivity index (χ1) is 49.2. The second-order valence-electron chi connectivity index (χ2n) is 21.0. The molecule has 0 aliphatic heterocycles. The van der Waals surface area contributed by atoms with Gasteiger partial charge in [0, 0.05) is 51.9 Å². The standard InChI is InChI=1S/C20H17P.C19H17P.C14H13F10O5.C13H14F10O5.2C2H6OS/c1-2-17-13-15-20(16-14-17)21(18-9-5-3-6-10-18)19-11-7-4-8-12-19;1-16-12-14-19(15-13-16)20(17-8-4-2-5-9-17)18-10-6-3-7-11-18;1-7(2)9(26)28-6-4-5-8(25)10(15,12(17,18)19)29-14(23,24)11(16,27-3)13(20,21)22;1-3-8(25)27-6-4-5-7(24)9(14,11(16,17)18)28-13(22,23)10(15,26-2)12(19,20)21;2*3-1-2-4/h2-16H,1H2;2-15H,1H3;1H,4-6H2,2-3H3;3-6H2,1-2H3;2*3-4H,1-2H2/q;;+1;;;. The summed E-state index contributed by atoms with van der Waals surface area (Å²) < 4.78 is 280. The van der Waals surface area contributed by atoms with Crippen LogP contribution in [0.25, 0.3) is 6.08 Å². The van der Waals surface area contributed by atoms with Gasteiger partial charge < -0.3 is 29.2 Å².